The molecule has 106 valence electrons. The van der Waals surface area contributed by atoms with Gasteiger partial charge >= 0.3 is 0 Å². The number of nitrogens with zero attached hydrogens (tertiary/aromatic N) is 3. The van der Waals surface area contributed by atoms with Crippen LogP contribution in [0.4, 0.5) is 0 Å². The molecule has 1 N–H and O–H groups in total. The van der Waals surface area contributed by atoms with Crippen LogP contribution < -0.4 is 0 Å². The molecule has 1 unspecified atom stereocenters. The predicted octanol–water partition coefficient (Wildman–Crippen LogP) is 3.32. The molecule has 1 aliphatic rings. The minimum atomic E-state index is -0.595. The molecule has 0 spiro atoms. The summed E-state index contributed by atoms with van der Waals surface area (Å²) in [5.74, 6) is 0. The summed E-state index contributed by atoms with van der Waals surface area (Å²) in [5, 5.41) is 15.2. The van der Waals surface area contributed by atoms with E-state index in [0.717, 1.165) is 11.3 Å². The fourth-order valence-corrected chi connectivity index (χ4v) is 2.98. The van der Waals surface area contributed by atoms with E-state index in [1.807, 2.05) is 12.3 Å². The van der Waals surface area contributed by atoms with Crippen LogP contribution in [-0.2, 0) is 6.42 Å². The second-order valence-corrected chi connectivity index (χ2v) is 5.74. The van der Waals surface area contributed by atoms with Crippen LogP contribution >= 0.6 is 11.6 Å². The van der Waals surface area contributed by atoms with Crippen LogP contribution in [0.1, 0.15) is 49.1 Å². The molecule has 1 atom stereocenters. The topological polar surface area (TPSA) is 50.9 Å². The molecule has 1 fully saturated rings. The first-order valence-electron chi connectivity index (χ1n) is 7.06. The van der Waals surface area contributed by atoms with Gasteiger partial charge in [0, 0.05) is 18.8 Å². The number of aliphatic hydroxyl groups excluding tert-OH is 1. The first-order chi connectivity index (χ1) is 9.72. The van der Waals surface area contributed by atoms with E-state index in [4.69, 9.17) is 11.6 Å². The van der Waals surface area contributed by atoms with Gasteiger partial charge in [0.25, 0.3) is 0 Å². The van der Waals surface area contributed by atoms with Crippen molar-refractivity contribution < 1.29 is 5.11 Å². The lowest BCUT2D eigenvalue weighted by Gasteiger charge is -2.11. The molecule has 0 amide bonds. The van der Waals surface area contributed by atoms with Crippen molar-refractivity contribution in [3.05, 3.63) is 47.0 Å². The number of hydrogen-bond donors (Lipinski definition) is 1. The first-order valence-corrected chi connectivity index (χ1v) is 7.44. The van der Waals surface area contributed by atoms with Crippen molar-refractivity contribution in [2.75, 3.05) is 0 Å². The number of aromatic nitrogens is 3. The smallest absolute Gasteiger partial charge is 0.129 e. The van der Waals surface area contributed by atoms with E-state index in [2.05, 4.69) is 14.8 Å². The second kappa shape index (κ2) is 5.94. The van der Waals surface area contributed by atoms with Gasteiger partial charge in [0.15, 0.2) is 0 Å². The number of rotatable bonds is 4. The summed E-state index contributed by atoms with van der Waals surface area (Å²) in [7, 11) is 0. The minimum absolute atomic E-state index is 0.401. The van der Waals surface area contributed by atoms with Gasteiger partial charge in [-0.15, -0.1) is 0 Å². The quantitative estimate of drug-likeness (QED) is 0.879. The lowest BCUT2D eigenvalue weighted by molar-refractivity contribution is 0.176. The van der Waals surface area contributed by atoms with Crippen molar-refractivity contribution >= 4 is 11.6 Å². The standard InChI is InChI=1S/C15H18ClN3O/c16-15-9-11(5-7-17-15)14(20)10-12-6-8-19(18-12)13-3-1-2-4-13/h5-9,13-14,20H,1-4,10H2. The van der Waals surface area contributed by atoms with E-state index < -0.39 is 6.10 Å². The lowest BCUT2D eigenvalue weighted by Crippen LogP contribution is -2.07. The normalized spacial score (nSPS) is 17.5. The van der Waals surface area contributed by atoms with E-state index >= 15 is 0 Å². The van der Waals surface area contributed by atoms with Gasteiger partial charge in [0.2, 0.25) is 0 Å². The van der Waals surface area contributed by atoms with Crippen LogP contribution in [0.25, 0.3) is 0 Å². The summed E-state index contributed by atoms with van der Waals surface area (Å²) in [4.78, 5) is 3.92. The van der Waals surface area contributed by atoms with Gasteiger partial charge in [-0.2, -0.15) is 5.10 Å². The molecule has 0 bridgehead atoms. The van der Waals surface area contributed by atoms with Crippen LogP contribution in [-0.4, -0.2) is 19.9 Å². The van der Waals surface area contributed by atoms with Crippen LogP contribution in [0.15, 0.2) is 30.6 Å². The first kappa shape index (κ1) is 13.6. The highest BCUT2D eigenvalue weighted by Crippen LogP contribution is 2.29. The number of halogens is 1. The average molecular weight is 292 g/mol. The summed E-state index contributed by atoms with van der Waals surface area (Å²) >= 11 is 5.84. The van der Waals surface area contributed by atoms with Crippen LogP contribution in [0, 0.1) is 0 Å². The third-order valence-corrected chi connectivity index (χ3v) is 4.11. The molecule has 0 saturated heterocycles. The molecule has 0 radical (unpaired) electrons. The predicted molar refractivity (Wildman–Crippen MR) is 77.6 cm³/mol. The summed E-state index contributed by atoms with van der Waals surface area (Å²) in [6, 6.07) is 6.01. The average Bonchev–Trinajstić information content (AvgIpc) is 3.08. The van der Waals surface area contributed by atoms with Crippen molar-refractivity contribution in [3.8, 4) is 0 Å². The Kier molecular flexibility index (Phi) is 4.03. The third kappa shape index (κ3) is 3.02. The van der Waals surface area contributed by atoms with Gasteiger partial charge in [0.1, 0.15) is 5.15 Å². The molecular formula is C15H18ClN3O. The summed E-state index contributed by atoms with van der Waals surface area (Å²) in [5.41, 5.74) is 1.69. The maximum absolute atomic E-state index is 10.2. The molecule has 0 aliphatic heterocycles. The van der Waals surface area contributed by atoms with Crippen molar-refractivity contribution in [1.82, 2.24) is 14.8 Å². The van der Waals surface area contributed by atoms with Gasteiger partial charge in [-0.1, -0.05) is 24.4 Å². The van der Waals surface area contributed by atoms with Crippen LogP contribution in [0.2, 0.25) is 5.15 Å². The maximum atomic E-state index is 10.2. The monoisotopic (exact) mass is 291 g/mol. The van der Waals surface area contributed by atoms with E-state index in [0.29, 0.717) is 17.6 Å². The van der Waals surface area contributed by atoms with Crippen molar-refractivity contribution in [2.45, 2.75) is 44.2 Å². The number of pyridine rings is 1. The van der Waals surface area contributed by atoms with Gasteiger partial charge in [-0.3, -0.25) is 4.68 Å². The molecule has 1 saturated carbocycles. The molecule has 0 aromatic carbocycles. The van der Waals surface area contributed by atoms with Crippen molar-refractivity contribution in [3.63, 3.8) is 0 Å². The molecule has 4 nitrogen and oxygen atoms in total. The highest BCUT2D eigenvalue weighted by atomic mass is 35.5. The van der Waals surface area contributed by atoms with E-state index in [9.17, 15) is 5.11 Å². The Morgan fingerprint density at radius 1 is 1.35 bits per heavy atom. The summed E-state index contributed by atoms with van der Waals surface area (Å²) in [6.45, 7) is 0. The molecule has 2 aromatic rings. The van der Waals surface area contributed by atoms with E-state index in [1.165, 1.54) is 25.7 Å². The van der Waals surface area contributed by atoms with Crippen LogP contribution in [0.3, 0.4) is 0 Å². The largest absolute Gasteiger partial charge is 0.388 e. The lowest BCUT2D eigenvalue weighted by atomic mass is 10.1. The zero-order valence-corrected chi connectivity index (χ0v) is 12.0. The van der Waals surface area contributed by atoms with Gasteiger partial charge < -0.3 is 5.11 Å². The van der Waals surface area contributed by atoms with Crippen LogP contribution in [0.5, 0.6) is 0 Å². The number of aliphatic hydroxyl groups is 1. The minimum Gasteiger partial charge on any atom is -0.388 e. The number of hydrogen-bond acceptors (Lipinski definition) is 3. The Morgan fingerprint density at radius 3 is 2.90 bits per heavy atom. The molecule has 1 aliphatic carbocycles. The Balaban J connectivity index is 1.68. The summed E-state index contributed by atoms with van der Waals surface area (Å²) < 4.78 is 2.05. The van der Waals surface area contributed by atoms with E-state index in [-0.39, 0.29) is 0 Å². The fourth-order valence-electron chi connectivity index (χ4n) is 2.80. The maximum Gasteiger partial charge on any atom is 0.129 e. The molecule has 5 heteroatoms. The molecule has 20 heavy (non-hydrogen) atoms. The summed E-state index contributed by atoms with van der Waals surface area (Å²) in [6.07, 6.45) is 8.54. The van der Waals surface area contributed by atoms with Gasteiger partial charge in [-0.05, 0) is 36.6 Å². The highest BCUT2D eigenvalue weighted by molar-refractivity contribution is 6.29. The van der Waals surface area contributed by atoms with Crippen molar-refractivity contribution in [2.24, 2.45) is 0 Å². The Hall–Kier alpha value is -1.39. The fraction of sp³-hybridized carbons (Fsp3) is 0.467. The van der Waals surface area contributed by atoms with E-state index in [1.54, 1.807) is 18.3 Å². The zero-order valence-electron chi connectivity index (χ0n) is 11.2. The van der Waals surface area contributed by atoms with Gasteiger partial charge in [0.05, 0.1) is 17.8 Å². The second-order valence-electron chi connectivity index (χ2n) is 5.36. The highest BCUT2D eigenvalue weighted by Gasteiger charge is 2.18. The molecule has 2 heterocycles. The molecular weight excluding hydrogens is 274 g/mol. The zero-order chi connectivity index (χ0) is 13.9. The van der Waals surface area contributed by atoms with Crippen molar-refractivity contribution in [1.29, 1.82) is 0 Å². The Morgan fingerprint density at radius 2 is 2.15 bits per heavy atom. The molecule has 2 aromatic heterocycles. The Labute approximate surface area is 123 Å². The third-order valence-electron chi connectivity index (χ3n) is 3.90. The molecule has 3 rings (SSSR count). The Bertz CT molecular complexity index is 578. The SMILES string of the molecule is OC(Cc1ccn(C2CCCC2)n1)c1ccnc(Cl)c1. The van der Waals surface area contributed by atoms with Gasteiger partial charge in [-0.25, -0.2) is 4.98 Å².